The van der Waals surface area contributed by atoms with E-state index in [4.69, 9.17) is 0 Å². The molecule has 1 aliphatic rings. The van der Waals surface area contributed by atoms with Crippen LogP contribution in [0.4, 0.5) is 9.52 Å². The summed E-state index contributed by atoms with van der Waals surface area (Å²) in [5, 5.41) is 2.10. The minimum absolute atomic E-state index is 0.179. The van der Waals surface area contributed by atoms with Gasteiger partial charge in [-0.3, -0.25) is 14.7 Å². The van der Waals surface area contributed by atoms with Gasteiger partial charge in [0.05, 0.1) is 16.8 Å². The molecule has 4 aromatic rings. The van der Waals surface area contributed by atoms with Gasteiger partial charge in [0, 0.05) is 18.9 Å². The molecule has 11 heteroatoms. The third kappa shape index (κ3) is 4.29. The first-order chi connectivity index (χ1) is 15.9. The van der Waals surface area contributed by atoms with Crippen LogP contribution in [0.15, 0.2) is 64.4 Å². The van der Waals surface area contributed by atoms with Gasteiger partial charge in [-0.2, -0.15) is 4.31 Å². The average Bonchev–Trinajstić information content (AvgIpc) is 3.58. The van der Waals surface area contributed by atoms with Crippen LogP contribution in [0.25, 0.3) is 10.2 Å². The lowest BCUT2D eigenvalue weighted by atomic mass is 10.2. The lowest BCUT2D eigenvalue weighted by molar-refractivity contribution is -0.121. The fourth-order valence-corrected chi connectivity index (χ4v) is 7.66. The summed E-state index contributed by atoms with van der Waals surface area (Å²) >= 11 is 2.33. The van der Waals surface area contributed by atoms with Crippen molar-refractivity contribution < 1.29 is 17.6 Å². The number of benzene rings is 1. The van der Waals surface area contributed by atoms with Crippen molar-refractivity contribution in [2.75, 3.05) is 11.4 Å². The van der Waals surface area contributed by atoms with E-state index in [1.54, 1.807) is 42.0 Å². The Bertz CT molecular complexity index is 1390. The maximum absolute atomic E-state index is 13.8. The minimum Gasteiger partial charge on any atom is -0.282 e. The van der Waals surface area contributed by atoms with E-state index < -0.39 is 16.1 Å². The van der Waals surface area contributed by atoms with Crippen LogP contribution in [0.3, 0.4) is 0 Å². The summed E-state index contributed by atoms with van der Waals surface area (Å²) in [6.07, 6.45) is 4.31. The summed E-state index contributed by atoms with van der Waals surface area (Å²) < 4.78 is 42.3. The molecule has 1 amide bonds. The molecule has 4 heterocycles. The van der Waals surface area contributed by atoms with Crippen molar-refractivity contribution in [2.24, 2.45) is 0 Å². The van der Waals surface area contributed by atoms with E-state index in [0.29, 0.717) is 28.2 Å². The molecule has 5 rings (SSSR count). The zero-order chi connectivity index (χ0) is 23.0. The predicted octanol–water partition coefficient (Wildman–Crippen LogP) is 4.28. The summed E-state index contributed by atoms with van der Waals surface area (Å²) in [5.74, 6) is -0.733. The topological polar surface area (TPSA) is 83.5 Å². The van der Waals surface area contributed by atoms with E-state index in [9.17, 15) is 17.6 Å². The van der Waals surface area contributed by atoms with Gasteiger partial charge in [-0.05, 0) is 54.1 Å². The van der Waals surface area contributed by atoms with Crippen molar-refractivity contribution in [3.05, 3.63) is 71.6 Å². The smallest absolute Gasteiger partial charge is 0.253 e. The normalized spacial score (nSPS) is 16.9. The molecule has 7 nitrogen and oxygen atoms in total. The van der Waals surface area contributed by atoms with Crippen LogP contribution >= 0.6 is 22.7 Å². The molecule has 3 aromatic heterocycles. The van der Waals surface area contributed by atoms with E-state index in [1.165, 1.54) is 32.7 Å². The second kappa shape index (κ2) is 8.90. The highest BCUT2D eigenvalue weighted by molar-refractivity contribution is 7.91. The van der Waals surface area contributed by atoms with Gasteiger partial charge in [0.15, 0.2) is 5.13 Å². The van der Waals surface area contributed by atoms with Gasteiger partial charge in [-0.25, -0.2) is 17.8 Å². The summed E-state index contributed by atoms with van der Waals surface area (Å²) in [4.78, 5) is 24.0. The fourth-order valence-electron chi connectivity index (χ4n) is 3.90. The first-order valence-electron chi connectivity index (χ1n) is 10.3. The third-order valence-corrected chi connectivity index (χ3v) is 9.77. The van der Waals surface area contributed by atoms with Gasteiger partial charge in [0.2, 0.25) is 5.91 Å². The molecule has 1 aromatic carbocycles. The average molecular weight is 503 g/mol. The molecule has 1 saturated heterocycles. The number of rotatable bonds is 6. The Morgan fingerprint density at radius 2 is 2.12 bits per heavy atom. The van der Waals surface area contributed by atoms with E-state index in [0.717, 1.165) is 16.9 Å². The Balaban J connectivity index is 1.53. The van der Waals surface area contributed by atoms with Crippen LogP contribution in [0.1, 0.15) is 18.4 Å². The number of amides is 1. The predicted molar refractivity (Wildman–Crippen MR) is 126 cm³/mol. The number of hydrogen-bond acceptors (Lipinski definition) is 7. The zero-order valence-corrected chi connectivity index (χ0v) is 19.7. The molecule has 1 fully saturated rings. The number of pyridine rings is 1. The number of anilines is 1. The van der Waals surface area contributed by atoms with Gasteiger partial charge in [-0.15, -0.1) is 11.3 Å². The summed E-state index contributed by atoms with van der Waals surface area (Å²) in [6.45, 7) is 0.459. The number of thiophene rings is 1. The number of halogens is 1. The highest BCUT2D eigenvalue weighted by atomic mass is 32.2. The number of fused-ring (bicyclic) bond motifs is 1. The first-order valence-corrected chi connectivity index (χ1v) is 13.4. The first kappa shape index (κ1) is 22.1. The molecular weight excluding hydrogens is 483 g/mol. The number of thiazole rings is 1. The van der Waals surface area contributed by atoms with Gasteiger partial charge in [0.1, 0.15) is 16.1 Å². The summed E-state index contributed by atoms with van der Waals surface area (Å²) in [5.41, 5.74) is 1.36. The van der Waals surface area contributed by atoms with Crippen LogP contribution in [-0.2, 0) is 21.4 Å². The molecule has 0 spiro atoms. The van der Waals surface area contributed by atoms with Gasteiger partial charge < -0.3 is 0 Å². The molecule has 33 heavy (non-hydrogen) atoms. The molecule has 0 N–H and O–H groups in total. The lowest BCUT2D eigenvalue weighted by Gasteiger charge is -2.28. The molecule has 0 aliphatic carbocycles. The number of aromatic nitrogens is 2. The van der Waals surface area contributed by atoms with Gasteiger partial charge >= 0.3 is 0 Å². The second-order valence-electron chi connectivity index (χ2n) is 7.60. The molecular formula is C22H19FN4O3S3. The van der Waals surface area contributed by atoms with Crippen molar-refractivity contribution >= 4 is 54.0 Å². The Kier molecular flexibility index (Phi) is 5.95. The molecule has 0 radical (unpaired) electrons. The Labute approximate surface area is 198 Å². The highest BCUT2D eigenvalue weighted by Gasteiger charge is 2.42. The highest BCUT2D eigenvalue weighted by Crippen LogP contribution is 2.34. The molecule has 1 aliphatic heterocycles. The molecule has 0 saturated carbocycles. The van der Waals surface area contributed by atoms with E-state index in [2.05, 4.69) is 9.97 Å². The molecule has 170 valence electrons. The number of carbonyl (C=O) groups excluding carboxylic acids is 1. The maximum Gasteiger partial charge on any atom is 0.253 e. The van der Waals surface area contributed by atoms with Crippen molar-refractivity contribution in [3.63, 3.8) is 0 Å². The van der Waals surface area contributed by atoms with Crippen molar-refractivity contribution in [3.8, 4) is 0 Å². The lowest BCUT2D eigenvalue weighted by Crippen LogP contribution is -2.47. The van der Waals surface area contributed by atoms with Crippen molar-refractivity contribution in [2.45, 2.75) is 29.6 Å². The number of hydrogen-bond donors (Lipinski definition) is 0. The summed E-state index contributed by atoms with van der Waals surface area (Å²) in [6, 6.07) is 10.3. The van der Waals surface area contributed by atoms with Gasteiger partial charge in [-0.1, -0.05) is 23.5 Å². The largest absolute Gasteiger partial charge is 0.282 e. The number of carbonyl (C=O) groups is 1. The Hall–Kier alpha value is -2.73. The Morgan fingerprint density at radius 3 is 2.88 bits per heavy atom. The van der Waals surface area contributed by atoms with Crippen LogP contribution in [-0.4, -0.2) is 41.2 Å². The molecule has 1 unspecified atom stereocenters. The van der Waals surface area contributed by atoms with Crippen LogP contribution < -0.4 is 4.90 Å². The monoisotopic (exact) mass is 502 g/mol. The van der Waals surface area contributed by atoms with Crippen LogP contribution in [0, 0.1) is 5.82 Å². The van der Waals surface area contributed by atoms with E-state index in [1.807, 2.05) is 6.07 Å². The number of sulfonamides is 1. The van der Waals surface area contributed by atoms with Crippen LogP contribution in [0.5, 0.6) is 0 Å². The van der Waals surface area contributed by atoms with E-state index in [-0.39, 0.29) is 29.0 Å². The van der Waals surface area contributed by atoms with Gasteiger partial charge in [0.25, 0.3) is 10.0 Å². The quantitative estimate of drug-likeness (QED) is 0.393. The Morgan fingerprint density at radius 1 is 1.24 bits per heavy atom. The van der Waals surface area contributed by atoms with Crippen molar-refractivity contribution in [1.82, 2.24) is 14.3 Å². The third-order valence-electron chi connectivity index (χ3n) is 5.45. The van der Waals surface area contributed by atoms with Crippen molar-refractivity contribution in [1.29, 1.82) is 0 Å². The molecule has 0 bridgehead atoms. The zero-order valence-electron chi connectivity index (χ0n) is 17.3. The number of nitrogens with zero attached hydrogens (tertiary/aromatic N) is 4. The maximum atomic E-state index is 13.8. The summed E-state index contributed by atoms with van der Waals surface area (Å²) in [7, 11) is -3.78. The SMILES string of the molecule is O=C(C1CCCN1S(=O)(=O)c1cccs1)N(Cc1cccnc1)c1nc2ccc(F)cc2s1. The minimum atomic E-state index is -3.78. The second-order valence-corrected chi connectivity index (χ2v) is 11.7. The molecule has 1 atom stereocenters. The fraction of sp³-hybridized carbons (Fsp3) is 0.227. The van der Waals surface area contributed by atoms with Crippen LogP contribution in [0.2, 0.25) is 0 Å². The standard InChI is InChI=1S/C22H19FN4O3S3/c23-16-7-8-17-19(12-16)32-22(25-17)26(14-15-4-1-9-24-13-15)21(28)18-5-2-10-27(18)33(29,30)20-6-3-11-31-20/h1,3-4,6-9,11-13,18H,2,5,10,14H2. The van der Waals surface area contributed by atoms with E-state index >= 15 is 0 Å².